The van der Waals surface area contributed by atoms with Crippen molar-refractivity contribution in [3.05, 3.63) is 23.9 Å². The van der Waals surface area contributed by atoms with E-state index in [4.69, 9.17) is 10.5 Å². The maximum absolute atomic E-state index is 12.1. The molecule has 86 valence electrons. The molecule has 0 spiro atoms. The molecule has 0 bridgehead atoms. The number of aromatic nitrogens is 1. The Kier molecular flexibility index (Phi) is 3.17. The first kappa shape index (κ1) is 11.0. The van der Waals surface area contributed by atoms with E-state index in [0.717, 1.165) is 6.54 Å². The van der Waals surface area contributed by atoms with Gasteiger partial charge in [0.25, 0.3) is 0 Å². The van der Waals surface area contributed by atoms with E-state index < -0.39 is 6.10 Å². The number of morpholine rings is 1. The van der Waals surface area contributed by atoms with Gasteiger partial charge in [0.2, 0.25) is 0 Å². The highest BCUT2D eigenvalue weighted by Gasteiger charge is 2.27. The average Bonchev–Trinajstić information content (AvgIpc) is 2.29. The lowest BCUT2D eigenvalue weighted by Crippen LogP contribution is -2.44. The molecule has 0 aliphatic carbocycles. The summed E-state index contributed by atoms with van der Waals surface area (Å²) in [4.78, 5) is 18.1. The molecule has 0 radical (unpaired) electrons. The second kappa shape index (κ2) is 4.59. The van der Waals surface area contributed by atoms with E-state index in [9.17, 15) is 4.79 Å². The summed E-state index contributed by atoms with van der Waals surface area (Å²) in [5.41, 5.74) is 6.11. The highest BCUT2D eigenvalue weighted by Crippen LogP contribution is 2.14. The molecule has 1 aliphatic rings. The average molecular weight is 221 g/mol. The van der Waals surface area contributed by atoms with Crippen molar-refractivity contribution in [2.75, 3.05) is 32.5 Å². The van der Waals surface area contributed by atoms with Gasteiger partial charge in [0.15, 0.2) is 5.78 Å². The lowest BCUT2D eigenvalue weighted by atomic mass is 10.1. The predicted molar refractivity (Wildman–Crippen MR) is 60.2 cm³/mol. The minimum atomic E-state index is -0.426. The van der Waals surface area contributed by atoms with Gasteiger partial charge in [-0.05, 0) is 19.2 Å². The van der Waals surface area contributed by atoms with Gasteiger partial charge in [-0.25, -0.2) is 4.98 Å². The summed E-state index contributed by atoms with van der Waals surface area (Å²) >= 11 is 0. The van der Waals surface area contributed by atoms with Crippen molar-refractivity contribution in [3.8, 4) is 0 Å². The van der Waals surface area contributed by atoms with Gasteiger partial charge in [0.05, 0.1) is 12.2 Å². The number of carbonyl (C=O) groups is 1. The van der Waals surface area contributed by atoms with Gasteiger partial charge in [-0.3, -0.25) is 4.79 Å². The molecule has 1 aromatic heterocycles. The number of pyridine rings is 1. The van der Waals surface area contributed by atoms with Crippen LogP contribution in [0.15, 0.2) is 18.3 Å². The lowest BCUT2D eigenvalue weighted by molar-refractivity contribution is -0.00859. The number of nitrogen functional groups attached to an aromatic ring is 1. The number of rotatable bonds is 2. The quantitative estimate of drug-likeness (QED) is 0.721. The monoisotopic (exact) mass is 221 g/mol. The molecule has 2 heterocycles. The summed E-state index contributed by atoms with van der Waals surface area (Å²) in [5.74, 6) is 0.182. The van der Waals surface area contributed by atoms with Crippen molar-refractivity contribution in [1.29, 1.82) is 0 Å². The third-order valence-corrected chi connectivity index (χ3v) is 2.67. The fourth-order valence-electron chi connectivity index (χ4n) is 1.74. The van der Waals surface area contributed by atoms with Crippen LogP contribution in [0.2, 0.25) is 0 Å². The Bertz CT molecular complexity index is 395. The van der Waals surface area contributed by atoms with Gasteiger partial charge in [0, 0.05) is 19.3 Å². The highest BCUT2D eigenvalue weighted by molar-refractivity contribution is 6.03. The van der Waals surface area contributed by atoms with Crippen molar-refractivity contribution in [2.45, 2.75) is 6.10 Å². The number of ether oxygens (including phenoxy) is 1. The number of Topliss-reactive ketones (excluding diaryl/α,β-unsaturated/α-hetero) is 1. The molecular weight excluding hydrogens is 206 g/mol. The number of nitrogens with two attached hydrogens (primary N) is 1. The van der Waals surface area contributed by atoms with Crippen molar-refractivity contribution in [3.63, 3.8) is 0 Å². The molecule has 2 rings (SSSR count). The Hall–Kier alpha value is -1.46. The molecule has 16 heavy (non-hydrogen) atoms. The van der Waals surface area contributed by atoms with Crippen molar-refractivity contribution >= 4 is 11.6 Å². The van der Waals surface area contributed by atoms with Crippen LogP contribution in [-0.2, 0) is 4.74 Å². The summed E-state index contributed by atoms with van der Waals surface area (Å²) in [6.07, 6.45) is 1.14. The molecule has 1 aliphatic heterocycles. The van der Waals surface area contributed by atoms with E-state index >= 15 is 0 Å². The first-order valence-electron chi connectivity index (χ1n) is 5.23. The van der Waals surface area contributed by atoms with Gasteiger partial charge in [-0.2, -0.15) is 0 Å². The molecule has 2 N–H and O–H groups in total. The zero-order valence-corrected chi connectivity index (χ0v) is 9.22. The zero-order chi connectivity index (χ0) is 11.5. The molecule has 1 fully saturated rings. The number of hydrogen-bond acceptors (Lipinski definition) is 5. The van der Waals surface area contributed by atoms with E-state index in [-0.39, 0.29) is 11.6 Å². The third kappa shape index (κ3) is 2.20. The van der Waals surface area contributed by atoms with Gasteiger partial charge < -0.3 is 15.4 Å². The Morgan fingerprint density at radius 2 is 2.50 bits per heavy atom. The number of ketones is 1. The summed E-state index contributed by atoms with van der Waals surface area (Å²) in [6.45, 7) is 2.03. The van der Waals surface area contributed by atoms with E-state index in [2.05, 4.69) is 9.88 Å². The number of likely N-dealkylation sites (N-methyl/N-ethyl adjacent to an activating group) is 1. The van der Waals surface area contributed by atoms with Crippen LogP contribution in [0.1, 0.15) is 10.4 Å². The lowest BCUT2D eigenvalue weighted by Gasteiger charge is -2.29. The molecule has 5 nitrogen and oxygen atoms in total. The molecular formula is C11H15N3O2. The minimum Gasteiger partial charge on any atom is -0.383 e. The van der Waals surface area contributed by atoms with Crippen molar-refractivity contribution < 1.29 is 9.53 Å². The number of nitrogens with zero attached hydrogens (tertiary/aromatic N) is 2. The zero-order valence-electron chi connectivity index (χ0n) is 9.22. The molecule has 1 unspecified atom stereocenters. The number of carbonyl (C=O) groups excluding carboxylic acids is 1. The van der Waals surface area contributed by atoms with E-state index in [0.29, 0.717) is 18.7 Å². The fourth-order valence-corrected chi connectivity index (χ4v) is 1.74. The minimum absolute atomic E-state index is 0.0860. The summed E-state index contributed by atoms with van der Waals surface area (Å²) in [6, 6.07) is 3.39. The fraction of sp³-hybridized carbons (Fsp3) is 0.455. The Balaban J connectivity index is 2.16. The van der Waals surface area contributed by atoms with Crippen LogP contribution in [0.4, 0.5) is 5.82 Å². The molecule has 1 aromatic rings. The second-order valence-corrected chi connectivity index (χ2v) is 3.92. The molecule has 0 aromatic carbocycles. The van der Waals surface area contributed by atoms with Gasteiger partial charge in [0.1, 0.15) is 11.9 Å². The second-order valence-electron chi connectivity index (χ2n) is 3.92. The molecule has 1 saturated heterocycles. The highest BCUT2D eigenvalue weighted by atomic mass is 16.5. The maximum Gasteiger partial charge on any atom is 0.196 e. The summed E-state index contributed by atoms with van der Waals surface area (Å²) < 4.78 is 5.45. The topological polar surface area (TPSA) is 68.5 Å². The normalized spacial score (nSPS) is 21.9. The standard InChI is InChI=1S/C11H15N3O2/c1-14-5-6-16-9(7-14)10(15)8-3-2-4-13-11(8)12/h2-4,9H,5-7H2,1H3,(H2,12,13). The molecule has 5 heteroatoms. The van der Waals surface area contributed by atoms with Gasteiger partial charge >= 0.3 is 0 Å². The van der Waals surface area contributed by atoms with E-state index in [1.54, 1.807) is 18.3 Å². The summed E-state index contributed by atoms with van der Waals surface area (Å²) in [7, 11) is 1.97. The Labute approximate surface area is 94.2 Å². The maximum atomic E-state index is 12.1. The van der Waals surface area contributed by atoms with Crippen LogP contribution >= 0.6 is 0 Å². The van der Waals surface area contributed by atoms with Crippen molar-refractivity contribution in [1.82, 2.24) is 9.88 Å². The third-order valence-electron chi connectivity index (χ3n) is 2.67. The van der Waals surface area contributed by atoms with Crippen LogP contribution in [-0.4, -0.2) is 48.5 Å². The first-order valence-corrected chi connectivity index (χ1v) is 5.23. The number of anilines is 1. The smallest absolute Gasteiger partial charge is 0.196 e. The summed E-state index contributed by atoms with van der Waals surface area (Å²) in [5, 5.41) is 0. The Morgan fingerprint density at radius 3 is 3.19 bits per heavy atom. The SMILES string of the molecule is CN1CCOC(C(=O)c2cccnc2N)C1. The van der Waals surface area contributed by atoms with Crippen LogP contribution in [0.5, 0.6) is 0 Å². The van der Waals surface area contributed by atoms with Crippen LogP contribution in [0, 0.1) is 0 Å². The van der Waals surface area contributed by atoms with Crippen LogP contribution in [0.3, 0.4) is 0 Å². The Morgan fingerprint density at radius 1 is 1.69 bits per heavy atom. The first-order chi connectivity index (χ1) is 7.68. The van der Waals surface area contributed by atoms with Gasteiger partial charge in [-0.1, -0.05) is 0 Å². The van der Waals surface area contributed by atoms with Gasteiger partial charge in [-0.15, -0.1) is 0 Å². The van der Waals surface area contributed by atoms with Crippen LogP contribution in [0.25, 0.3) is 0 Å². The molecule has 0 saturated carbocycles. The predicted octanol–water partition coefficient (Wildman–Crippen LogP) is 0.177. The van der Waals surface area contributed by atoms with E-state index in [1.807, 2.05) is 7.05 Å². The van der Waals surface area contributed by atoms with Crippen LogP contribution < -0.4 is 5.73 Å². The molecule has 1 atom stereocenters. The molecule has 0 amide bonds. The van der Waals surface area contributed by atoms with E-state index in [1.165, 1.54) is 0 Å². The number of hydrogen-bond donors (Lipinski definition) is 1. The largest absolute Gasteiger partial charge is 0.383 e. The van der Waals surface area contributed by atoms with Crippen molar-refractivity contribution in [2.24, 2.45) is 0 Å².